The molecule has 6 heteroatoms. The lowest BCUT2D eigenvalue weighted by molar-refractivity contribution is -0.121. The first-order chi connectivity index (χ1) is 12.1. The maximum Gasteiger partial charge on any atom is 0.251 e. The summed E-state index contributed by atoms with van der Waals surface area (Å²) in [5.41, 5.74) is 1.51. The van der Waals surface area contributed by atoms with Crippen molar-refractivity contribution in [2.45, 2.75) is 18.9 Å². The third-order valence-corrected chi connectivity index (χ3v) is 4.19. The zero-order valence-corrected chi connectivity index (χ0v) is 13.9. The largest absolute Gasteiger partial charge is 0.497 e. The molecule has 2 amide bonds. The minimum absolute atomic E-state index is 0.110. The standard InChI is InChI=1S/C19H19FN2O3/c1-25-16-8-2-13(3-9-16)10-11-21-17-12-18(23)22(19(17)24)15-6-4-14(20)5-7-15/h2-9,17,21H,10-12H2,1H3/t17-/m1/s1. The minimum atomic E-state index is -0.546. The Morgan fingerprint density at radius 1 is 1.12 bits per heavy atom. The van der Waals surface area contributed by atoms with Crippen LogP contribution in [0.5, 0.6) is 5.75 Å². The summed E-state index contributed by atoms with van der Waals surface area (Å²) in [7, 11) is 1.62. The van der Waals surface area contributed by atoms with Crippen LogP contribution in [0.15, 0.2) is 48.5 Å². The Balaban J connectivity index is 1.57. The first-order valence-electron chi connectivity index (χ1n) is 8.07. The van der Waals surface area contributed by atoms with E-state index >= 15 is 0 Å². The number of hydrogen-bond donors (Lipinski definition) is 1. The van der Waals surface area contributed by atoms with Crippen molar-refractivity contribution in [2.75, 3.05) is 18.6 Å². The van der Waals surface area contributed by atoms with E-state index in [1.165, 1.54) is 24.3 Å². The predicted octanol–water partition coefficient (Wildman–Crippen LogP) is 2.30. The number of anilines is 1. The van der Waals surface area contributed by atoms with Crippen LogP contribution in [-0.2, 0) is 16.0 Å². The van der Waals surface area contributed by atoms with Gasteiger partial charge in [0.1, 0.15) is 11.6 Å². The van der Waals surface area contributed by atoms with E-state index in [9.17, 15) is 14.0 Å². The number of ether oxygens (including phenoxy) is 1. The fourth-order valence-corrected chi connectivity index (χ4v) is 2.84. The molecule has 2 aromatic carbocycles. The first-order valence-corrected chi connectivity index (χ1v) is 8.07. The Morgan fingerprint density at radius 2 is 1.80 bits per heavy atom. The highest BCUT2D eigenvalue weighted by atomic mass is 19.1. The van der Waals surface area contributed by atoms with Crippen molar-refractivity contribution in [3.63, 3.8) is 0 Å². The van der Waals surface area contributed by atoms with Crippen LogP contribution in [0, 0.1) is 5.82 Å². The molecular formula is C19H19FN2O3. The lowest BCUT2D eigenvalue weighted by Gasteiger charge is -2.15. The molecule has 0 unspecified atom stereocenters. The molecule has 3 rings (SSSR count). The van der Waals surface area contributed by atoms with Gasteiger partial charge >= 0.3 is 0 Å². The number of methoxy groups -OCH3 is 1. The number of nitrogens with zero attached hydrogens (tertiary/aromatic N) is 1. The number of amides is 2. The van der Waals surface area contributed by atoms with Crippen LogP contribution in [0.4, 0.5) is 10.1 Å². The van der Waals surface area contributed by atoms with E-state index in [4.69, 9.17) is 4.74 Å². The summed E-state index contributed by atoms with van der Waals surface area (Å²) >= 11 is 0. The van der Waals surface area contributed by atoms with Crippen LogP contribution >= 0.6 is 0 Å². The zero-order chi connectivity index (χ0) is 17.8. The van der Waals surface area contributed by atoms with E-state index in [-0.39, 0.29) is 18.2 Å². The van der Waals surface area contributed by atoms with Gasteiger partial charge in [0, 0.05) is 0 Å². The second-order valence-electron chi connectivity index (χ2n) is 5.85. The quantitative estimate of drug-likeness (QED) is 0.819. The fourth-order valence-electron chi connectivity index (χ4n) is 2.84. The van der Waals surface area contributed by atoms with Crippen molar-refractivity contribution in [3.05, 3.63) is 59.9 Å². The molecule has 0 saturated carbocycles. The van der Waals surface area contributed by atoms with E-state index < -0.39 is 11.9 Å². The lowest BCUT2D eigenvalue weighted by atomic mass is 10.1. The van der Waals surface area contributed by atoms with Gasteiger partial charge in [-0.3, -0.25) is 9.59 Å². The summed E-state index contributed by atoms with van der Waals surface area (Å²) in [6, 6.07) is 12.5. The van der Waals surface area contributed by atoms with Crippen LogP contribution in [0.25, 0.3) is 0 Å². The average Bonchev–Trinajstić information content (AvgIpc) is 2.90. The third-order valence-electron chi connectivity index (χ3n) is 4.19. The number of carbonyl (C=O) groups is 2. The number of carbonyl (C=O) groups excluding carboxylic acids is 2. The molecule has 1 atom stereocenters. The normalized spacial score (nSPS) is 17.2. The van der Waals surface area contributed by atoms with Gasteiger partial charge in [0.25, 0.3) is 5.91 Å². The number of imide groups is 1. The summed E-state index contributed by atoms with van der Waals surface area (Å²) in [6.45, 7) is 0.577. The Hall–Kier alpha value is -2.73. The molecule has 0 spiro atoms. The number of nitrogens with one attached hydrogen (secondary N) is 1. The lowest BCUT2D eigenvalue weighted by Crippen LogP contribution is -2.39. The molecule has 1 saturated heterocycles. The van der Waals surface area contributed by atoms with Crippen LogP contribution in [0.2, 0.25) is 0 Å². The van der Waals surface area contributed by atoms with Crippen LogP contribution in [-0.4, -0.2) is 31.5 Å². The molecule has 1 aliphatic rings. The SMILES string of the molecule is COc1ccc(CCN[C@@H]2CC(=O)N(c3ccc(F)cc3)C2=O)cc1. The topological polar surface area (TPSA) is 58.6 Å². The van der Waals surface area contributed by atoms with Crippen LogP contribution < -0.4 is 15.0 Å². The Labute approximate surface area is 145 Å². The van der Waals surface area contributed by atoms with Crippen LogP contribution in [0.3, 0.4) is 0 Å². The van der Waals surface area contributed by atoms with Gasteiger partial charge in [0.2, 0.25) is 5.91 Å². The molecular weight excluding hydrogens is 323 g/mol. The predicted molar refractivity (Wildman–Crippen MR) is 92.0 cm³/mol. The molecule has 2 aromatic rings. The minimum Gasteiger partial charge on any atom is -0.497 e. The monoisotopic (exact) mass is 342 g/mol. The molecule has 0 bridgehead atoms. The highest BCUT2D eigenvalue weighted by Gasteiger charge is 2.39. The highest BCUT2D eigenvalue weighted by Crippen LogP contribution is 2.23. The fraction of sp³-hybridized carbons (Fsp3) is 0.263. The van der Waals surface area contributed by atoms with Crippen molar-refractivity contribution >= 4 is 17.5 Å². The maximum absolute atomic E-state index is 13.0. The zero-order valence-electron chi connectivity index (χ0n) is 13.9. The molecule has 25 heavy (non-hydrogen) atoms. The number of halogens is 1. The third kappa shape index (κ3) is 3.85. The smallest absolute Gasteiger partial charge is 0.251 e. The molecule has 1 aliphatic heterocycles. The van der Waals surface area contributed by atoms with Crippen molar-refractivity contribution in [2.24, 2.45) is 0 Å². The van der Waals surface area contributed by atoms with Crippen molar-refractivity contribution in [1.82, 2.24) is 5.32 Å². The summed E-state index contributed by atoms with van der Waals surface area (Å²) in [6.07, 6.45) is 0.845. The molecule has 1 heterocycles. The Kier molecular flexibility index (Phi) is 5.09. The van der Waals surface area contributed by atoms with E-state index in [2.05, 4.69) is 5.32 Å². The summed E-state index contributed by atoms with van der Waals surface area (Å²) < 4.78 is 18.1. The molecule has 5 nitrogen and oxygen atoms in total. The van der Waals surface area contributed by atoms with Gasteiger partial charge in [-0.2, -0.15) is 0 Å². The molecule has 0 aromatic heterocycles. The molecule has 1 fully saturated rings. The van der Waals surface area contributed by atoms with Crippen molar-refractivity contribution < 1.29 is 18.7 Å². The molecule has 0 aliphatic carbocycles. The van der Waals surface area contributed by atoms with Gasteiger partial charge in [-0.15, -0.1) is 0 Å². The van der Waals surface area contributed by atoms with Gasteiger partial charge in [-0.1, -0.05) is 12.1 Å². The summed E-state index contributed by atoms with van der Waals surface area (Å²) in [5.74, 6) is -0.190. The van der Waals surface area contributed by atoms with Crippen molar-refractivity contribution in [1.29, 1.82) is 0 Å². The summed E-state index contributed by atoms with van der Waals surface area (Å²) in [4.78, 5) is 25.7. The molecule has 1 N–H and O–H groups in total. The summed E-state index contributed by atoms with van der Waals surface area (Å²) in [5, 5.41) is 3.13. The highest BCUT2D eigenvalue weighted by molar-refractivity contribution is 6.22. The van der Waals surface area contributed by atoms with Gasteiger partial charge in [0.05, 0.1) is 25.3 Å². The second kappa shape index (κ2) is 7.44. The average molecular weight is 342 g/mol. The number of rotatable bonds is 6. The van der Waals surface area contributed by atoms with Gasteiger partial charge < -0.3 is 10.1 Å². The van der Waals surface area contributed by atoms with Gasteiger partial charge in [0.15, 0.2) is 0 Å². The van der Waals surface area contributed by atoms with E-state index in [1.807, 2.05) is 24.3 Å². The number of benzene rings is 2. The van der Waals surface area contributed by atoms with Gasteiger partial charge in [-0.05, 0) is 54.9 Å². The van der Waals surface area contributed by atoms with E-state index in [1.54, 1.807) is 7.11 Å². The molecule has 0 radical (unpaired) electrons. The molecule has 130 valence electrons. The maximum atomic E-state index is 13.0. The first kappa shape index (κ1) is 17.1. The van der Waals surface area contributed by atoms with E-state index in [0.717, 1.165) is 22.6 Å². The van der Waals surface area contributed by atoms with Gasteiger partial charge in [-0.25, -0.2) is 9.29 Å². The van der Waals surface area contributed by atoms with E-state index in [0.29, 0.717) is 12.2 Å². The Morgan fingerprint density at radius 3 is 2.44 bits per heavy atom. The van der Waals surface area contributed by atoms with Crippen molar-refractivity contribution in [3.8, 4) is 5.75 Å². The number of hydrogen-bond acceptors (Lipinski definition) is 4. The Bertz CT molecular complexity index is 759. The van der Waals surface area contributed by atoms with Crippen LogP contribution in [0.1, 0.15) is 12.0 Å². The second-order valence-corrected chi connectivity index (χ2v) is 5.85.